The zero-order valence-corrected chi connectivity index (χ0v) is 13.4. The predicted molar refractivity (Wildman–Crippen MR) is 95.2 cm³/mol. The van der Waals surface area contributed by atoms with Crippen LogP contribution in [0.25, 0.3) is 0 Å². The maximum Gasteiger partial charge on any atom is 0.227 e. The Kier molecular flexibility index (Phi) is 3.23. The summed E-state index contributed by atoms with van der Waals surface area (Å²) < 4.78 is 0. The SMILES string of the molecule is C1=NCc2ccc(Nc3ccnc(N4C5CCC4CNC5)n3)cc21. The van der Waals surface area contributed by atoms with Gasteiger partial charge < -0.3 is 15.5 Å². The molecule has 0 aliphatic carbocycles. The molecule has 3 aliphatic heterocycles. The van der Waals surface area contributed by atoms with Gasteiger partial charge in [0.05, 0.1) is 6.54 Å². The van der Waals surface area contributed by atoms with Crippen molar-refractivity contribution in [2.75, 3.05) is 23.3 Å². The number of fused-ring (bicyclic) bond motifs is 3. The molecule has 5 rings (SSSR count). The highest BCUT2D eigenvalue weighted by Gasteiger charge is 2.37. The van der Waals surface area contributed by atoms with E-state index in [1.807, 2.05) is 18.5 Å². The number of nitrogens with one attached hydrogen (secondary N) is 2. The molecule has 0 amide bonds. The molecular formula is C18H20N6. The molecule has 4 heterocycles. The molecule has 2 atom stereocenters. The van der Waals surface area contributed by atoms with Crippen molar-refractivity contribution < 1.29 is 0 Å². The minimum Gasteiger partial charge on any atom is -0.340 e. The Morgan fingerprint density at radius 3 is 2.88 bits per heavy atom. The third-order valence-corrected chi connectivity index (χ3v) is 5.16. The number of piperazine rings is 1. The largest absolute Gasteiger partial charge is 0.340 e. The lowest BCUT2D eigenvalue weighted by atomic mass is 10.1. The Morgan fingerprint density at radius 2 is 2.00 bits per heavy atom. The maximum atomic E-state index is 4.77. The summed E-state index contributed by atoms with van der Waals surface area (Å²) in [6, 6.07) is 9.31. The van der Waals surface area contributed by atoms with Gasteiger partial charge in [-0.05, 0) is 42.2 Å². The van der Waals surface area contributed by atoms with Crippen LogP contribution in [0.2, 0.25) is 0 Å². The second-order valence-electron chi connectivity index (χ2n) is 6.70. The van der Waals surface area contributed by atoms with Crippen LogP contribution in [0.3, 0.4) is 0 Å². The first-order valence-electron chi connectivity index (χ1n) is 8.59. The summed E-state index contributed by atoms with van der Waals surface area (Å²) in [4.78, 5) is 16.0. The molecule has 3 aliphatic rings. The second-order valence-corrected chi connectivity index (χ2v) is 6.70. The standard InChI is InChI=1S/C18H20N6/c1-2-14(7-13-9-19-8-12(1)13)22-17-5-6-21-18(23-17)24-15-3-4-16(24)11-20-10-15/h1-2,5-7,9,15-16,20H,3-4,8,10-11H2,(H,21,22,23). The number of aliphatic imine (C=N–C) groups is 1. The Hall–Kier alpha value is -2.47. The number of hydrogen-bond acceptors (Lipinski definition) is 6. The lowest BCUT2D eigenvalue weighted by Gasteiger charge is -2.35. The van der Waals surface area contributed by atoms with Crippen LogP contribution in [0.15, 0.2) is 35.5 Å². The van der Waals surface area contributed by atoms with Crippen LogP contribution in [-0.2, 0) is 6.54 Å². The molecule has 1 aromatic heterocycles. The van der Waals surface area contributed by atoms with E-state index in [4.69, 9.17) is 4.98 Å². The summed E-state index contributed by atoms with van der Waals surface area (Å²) in [7, 11) is 0. The number of aromatic nitrogens is 2. The van der Waals surface area contributed by atoms with Gasteiger partial charge in [0.15, 0.2) is 0 Å². The molecule has 2 fully saturated rings. The van der Waals surface area contributed by atoms with Crippen LogP contribution in [0.5, 0.6) is 0 Å². The van der Waals surface area contributed by atoms with Gasteiger partial charge in [-0.2, -0.15) is 4.98 Å². The molecule has 24 heavy (non-hydrogen) atoms. The molecule has 6 heteroatoms. The van der Waals surface area contributed by atoms with E-state index in [0.29, 0.717) is 12.1 Å². The topological polar surface area (TPSA) is 65.4 Å². The zero-order chi connectivity index (χ0) is 15.9. The second kappa shape index (κ2) is 5.56. The van der Waals surface area contributed by atoms with Crippen LogP contribution in [0.4, 0.5) is 17.5 Å². The molecule has 122 valence electrons. The van der Waals surface area contributed by atoms with Crippen molar-refractivity contribution in [3.63, 3.8) is 0 Å². The molecule has 0 radical (unpaired) electrons. The minimum atomic E-state index is 0.523. The predicted octanol–water partition coefficient (Wildman–Crippen LogP) is 2.09. The molecular weight excluding hydrogens is 300 g/mol. The van der Waals surface area contributed by atoms with E-state index in [0.717, 1.165) is 37.1 Å². The Morgan fingerprint density at radius 1 is 1.12 bits per heavy atom. The van der Waals surface area contributed by atoms with Gasteiger partial charge in [0.25, 0.3) is 0 Å². The maximum absolute atomic E-state index is 4.77. The zero-order valence-electron chi connectivity index (χ0n) is 13.4. The molecule has 2 bridgehead atoms. The van der Waals surface area contributed by atoms with Crippen molar-refractivity contribution in [1.82, 2.24) is 15.3 Å². The quantitative estimate of drug-likeness (QED) is 0.906. The van der Waals surface area contributed by atoms with E-state index in [1.165, 1.54) is 24.0 Å². The van der Waals surface area contributed by atoms with Crippen LogP contribution in [-0.4, -0.2) is 41.4 Å². The van der Waals surface area contributed by atoms with E-state index in [9.17, 15) is 0 Å². The molecule has 1 aromatic carbocycles. The van der Waals surface area contributed by atoms with Crippen LogP contribution >= 0.6 is 0 Å². The van der Waals surface area contributed by atoms with Gasteiger partial charge in [0.1, 0.15) is 5.82 Å². The molecule has 2 saturated heterocycles. The molecule has 6 nitrogen and oxygen atoms in total. The number of benzene rings is 1. The average molecular weight is 320 g/mol. The Labute approximate surface area is 141 Å². The third kappa shape index (κ3) is 2.34. The summed E-state index contributed by atoms with van der Waals surface area (Å²) in [5.74, 6) is 1.68. The lowest BCUT2D eigenvalue weighted by molar-refractivity contribution is 0.477. The third-order valence-electron chi connectivity index (χ3n) is 5.16. The number of rotatable bonds is 3. The van der Waals surface area contributed by atoms with E-state index in [1.54, 1.807) is 0 Å². The molecule has 2 N–H and O–H groups in total. The first-order valence-corrected chi connectivity index (χ1v) is 8.59. The van der Waals surface area contributed by atoms with Gasteiger partial charge in [0.2, 0.25) is 5.95 Å². The van der Waals surface area contributed by atoms with Gasteiger partial charge in [-0.25, -0.2) is 4.98 Å². The Bertz CT molecular complexity index is 786. The van der Waals surface area contributed by atoms with Crippen LogP contribution in [0.1, 0.15) is 24.0 Å². The molecule has 2 aromatic rings. The van der Waals surface area contributed by atoms with Crippen molar-refractivity contribution in [2.24, 2.45) is 4.99 Å². The smallest absolute Gasteiger partial charge is 0.227 e. The van der Waals surface area contributed by atoms with Gasteiger partial charge in [-0.15, -0.1) is 0 Å². The first-order chi connectivity index (χ1) is 11.9. The van der Waals surface area contributed by atoms with Crippen molar-refractivity contribution in [1.29, 1.82) is 0 Å². The van der Waals surface area contributed by atoms with E-state index in [2.05, 4.69) is 43.7 Å². The summed E-state index contributed by atoms with van der Waals surface area (Å²) in [6.07, 6.45) is 6.23. The first kappa shape index (κ1) is 13.9. The van der Waals surface area contributed by atoms with E-state index >= 15 is 0 Å². The lowest BCUT2D eigenvalue weighted by Crippen LogP contribution is -2.52. The fourth-order valence-electron chi connectivity index (χ4n) is 3.97. The summed E-state index contributed by atoms with van der Waals surface area (Å²) in [6.45, 7) is 2.85. The summed E-state index contributed by atoms with van der Waals surface area (Å²) >= 11 is 0. The number of hydrogen-bond donors (Lipinski definition) is 2. The summed E-state index contributed by atoms with van der Waals surface area (Å²) in [5, 5.41) is 6.91. The van der Waals surface area contributed by atoms with Gasteiger partial charge in [-0.1, -0.05) is 6.07 Å². The molecule has 0 saturated carbocycles. The van der Waals surface area contributed by atoms with Crippen LogP contribution in [0, 0.1) is 0 Å². The molecule has 0 spiro atoms. The monoisotopic (exact) mass is 320 g/mol. The average Bonchev–Trinajstić information content (AvgIpc) is 3.16. The van der Waals surface area contributed by atoms with E-state index < -0.39 is 0 Å². The highest BCUT2D eigenvalue weighted by molar-refractivity contribution is 5.86. The number of nitrogens with zero attached hydrogens (tertiary/aromatic N) is 4. The van der Waals surface area contributed by atoms with Crippen molar-refractivity contribution in [3.8, 4) is 0 Å². The van der Waals surface area contributed by atoms with Gasteiger partial charge in [-0.3, -0.25) is 4.99 Å². The van der Waals surface area contributed by atoms with Gasteiger partial charge >= 0.3 is 0 Å². The highest BCUT2D eigenvalue weighted by atomic mass is 15.3. The van der Waals surface area contributed by atoms with Crippen molar-refractivity contribution >= 4 is 23.7 Å². The van der Waals surface area contributed by atoms with Gasteiger partial charge in [0, 0.05) is 43.3 Å². The fraction of sp³-hybridized carbons (Fsp3) is 0.389. The molecule has 2 unspecified atom stereocenters. The number of anilines is 3. The van der Waals surface area contributed by atoms with Crippen molar-refractivity contribution in [3.05, 3.63) is 41.6 Å². The van der Waals surface area contributed by atoms with Crippen LogP contribution < -0.4 is 15.5 Å². The summed E-state index contributed by atoms with van der Waals surface area (Å²) in [5.41, 5.74) is 3.51. The normalized spacial score (nSPS) is 24.2. The fourth-order valence-corrected chi connectivity index (χ4v) is 3.97. The highest BCUT2D eigenvalue weighted by Crippen LogP contribution is 2.31. The van der Waals surface area contributed by atoms with E-state index in [-0.39, 0.29) is 0 Å². The van der Waals surface area contributed by atoms with Crippen molar-refractivity contribution in [2.45, 2.75) is 31.5 Å². The Balaban J connectivity index is 1.40. The minimum absolute atomic E-state index is 0.523.